The molecule has 144 valence electrons. The van der Waals surface area contributed by atoms with Gasteiger partial charge in [0.25, 0.3) is 0 Å². The van der Waals surface area contributed by atoms with Crippen LogP contribution in [-0.4, -0.2) is 66.4 Å². The molecule has 2 saturated heterocycles. The van der Waals surface area contributed by atoms with E-state index in [1.807, 2.05) is 0 Å². The lowest BCUT2D eigenvalue weighted by Crippen LogP contribution is -2.54. The summed E-state index contributed by atoms with van der Waals surface area (Å²) in [5.74, 6) is 0. The van der Waals surface area contributed by atoms with Crippen LogP contribution >= 0.6 is 12.2 Å². The Kier molecular flexibility index (Phi) is 7.81. The van der Waals surface area contributed by atoms with Gasteiger partial charge in [0.1, 0.15) is 0 Å². The quantitative estimate of drug-likeness (QED) is 0.767. The summed E-state index contributed by atoms with van der Waals surface area (Å²) in [5.41, 5.74) is 0. The van der Waals surface area contributed by atoms with Gasteiger partial charge in [-0.05, 0) is 70.9 Å². The van der Waals surface area contributed by atoms with Crippen molar-refractivity contribution in [1.82, 2.24) is 15.1 Å². The minimum atomic E-state index is 0.372. The maximum atomic E-state index is 5.93. The van der Waals surface area contributed by atoms with Crippen LogP contribution in [0.5, 0.6) is 0 Å². The Morgan fingerprint density at radius 3 is 2.32 bits per heavy atom. The van der Waals surface area contributed by atoms with Gasteiger partial charge in [-0.3, -0.25) is 0 Å². The average Bonchev–Trinajstić information content (AvgIpc) is 3.09. The van der Waals surface area contributed by atoms with Crippen molar-refractivity contribution in [3.63, 3.8) is 0 Å². The zero-order chi connectivity index (χ0) is 17.5. The normalized spacial score (nSPS) is 27.6. The minimum absolute atomic E-state index is 0.372. The van der Waals surface area contributed by atoms with Crippen LogP contribution in [0.25, 0.3) is 0 Å². The lowest BCUT2D eigenvalue weighted by Gasteiger charge is -2.40. The van der Waals surface area contributed by atoms with Crippen LogP contribution in [0.4, 0.5) is 0 Å². The van der Waals surface area contributed by atoms with E-state index in [-0.39, 0.29) is 0 Å². The predicted molar refractivity (Wildman–Crippen MR) is 108 cm³/mol. The molecule has 5 heteroatoms. The number of hydrogen-bond acceptors (Lipinski definition) is 3. The highest BCUT2D eigenvalue weighted by Crippen LogP contribution is 2.22. The molecule has 0 aromatic heterocycles. The van der Waals surface area contributed by atoms with E-state index >= 15 is 0 Å². The van der Waals surface area contributed by atoms with Crippen molar-refractivity contribution in [3.8, 4) is 0 Å². The molecule has 1 saturated carbocycles. The van der Waals surface area contributed by atoms with Gasteiger partial charge in [0, 0.05) is 25.2 Å². The molecular weight excluding hydrogens is 330 g/mol. The highest BCUT2D eigenvalue weighted by atomic mass is 32.1. The molecule has 2 heterocycles. The fraction of sp³-hybridized carbons (Fsp3) is 0.950. The molecule has 3 rings (SSSR count). The van der Waals surface area contributed by atoms with Crippen LogP contribution in [0.1, 0.15) is 70.6 Å². The largest absolute Gasteiger partial charge is 0.376 e. The van der Waals surface area contributed by atoms with Crippen molar-refractivity contribution in [3.05, 3.63) is 0 Å². The number of ether oxygens (including phenoxy) is 1. The SMILES string of the molecule is CN1CCC(N(CC2CCCO2)C(=S)NC2CCCCCCC2)CC1. The number of likely N-dealkylation sites (tertiary alicyclic amines) is 1. The molecule has 1 aliphatic carbocycles. The molecule has 0 spiro atoms. The molecule has 0 aromatic carbocycles. The minimum Gasteiger partial charge on any atom is -0.376 e. The van der Waals surface area contributed by atoms with Crippen molar-refractivity contribution in [2.24, 2.45) is 0 Å². The Morgan fingerprint density at radius 1 is 1.00 bits per heavy atom. The van der Waals surface area contributed by atoms with Crippen LogP contribution in [-0.2, 0) is 4.74 Å². The summed E-state index contributed by atoms with van der Waals surface area (Å²) in [6.07, 6.45) is 14.6. The monoisotopic (exact) mass is 367 g/mol. The van der Waals surface area contributed by atoms with E-state index in [1.165, 1.54) is 83.7 Å². The number of rotatable bonds is 4. The summed E-state index contributed by atoms with van der Waals surface area (Å²) in [6.45, 7) is 4.26. The Morgan fingerprint density at radius 2 is 1.68 bits per heavy atom. The molecule has 0 radical (unpaired) electrons. The van der Waals surface area contributed by atoms with Gasteiger partial charge in [-0.15, -0.1) is 0 Å². The van der Waals surface area contributed by atoms with Crippen molar-refractivity contribution in [2.45, 2.75) is 88.8 Å². The second-order valence-electron chi connectivity index (χ2n) is 8.31. The average molecular weight is 368 g/mol. The molecule has 1 N–H and O–H groups in total. The van der Waals surface area contributed by atoms with Crippen molar-refractivity contribution < 1.29 is 4.74 Å². The molecule has 2 aliphatic heterocycles. The van der Waals surface area contributed by atoms with Gasteiger partial charge in [0.2, 0.25) is 0 Å². The highest BCUT2D eigenvalue weighted by Gasteiger charge is 2.29. The van der Waals surface area contributed by atoms with Gasteiger partial charge in [-0.2, -0.15) is 0 Å². The first-order valence-electron chi connectivity index (χ1n) is 10.6. The number of hydrogen-bond donors (Lipinski definition) is 1. The number of piperidine rings is 1. The van der Waals surface area contributed by atoms with Crippen molar-refractivity contribution in [2.75, 3.05) is 33.3 Å². The van der Waals surface area contributed by atoms with E-state index in [4.69, 9.17) is 17.0 Å². The molecule has 3 aliphatic rings. The van der Waals surface area contributed by atoms with Crippen LogP contribution in [0.15, 0.2) is 0 Å². The molecular formula is C20H37N3OS. The first-order chi connectivity index (χ1) is 12.2. The first-order valence-corrected chi connectivity index (χ1v) is 11.0. The van der Waals surface area contributed by atoms with E-state index < -0.39 is 0 Å². The molecule has 1 unspecified atom stereocenters. The van der Waals surface area contributed by atoms with E-state index in [9.17, 15) is 0 Å². The molecule has 0 aromatic rings. The maximum absolute atomic E-state index is 5.93. The number of thiocarbonyl (C=S) groups is 1. The molecule has 3 fully saturated rings. The summed E-state index contributed by atoms with van der Waals surface area (Å²) < 4.78 is 5.93. The van der Waals surface area contributed by atoms with Crippen LogP contribution < -0.4 is 5.32 Å². The third-order valence-electron chi connectivity index (χ3n) is 6.25. The lowest BCUT2D eigenvalue weighted by atomic mass is 9.97. The molecule has 1 atom stereocenters. The summed E-state index contributed by atoms with van der Waals surface area (Å²) >= 11 is 5.92. The third kappa shape index (κ3) is 6.07. The summed E-state index contributed by atoms with van der Waals surface area (Å²) in [6, 6.07) is 1.15. The number of nitrogens with one attached hydrogen (secondary N) is 1. The molecule has 0 bridgehead atoms. The zero-order valence-electron chi connectivity index (χ0n) is 16.0. The smallest absolute Gasteiger partial charge is 0.169 e. The predicted octanol–water partition coefficient (Wildman–Crippen LogP) is 3.55. The Labute approximate surface area is 159 Å². The van der Waals surface area contributed by atoms with Crippen LogP contribution in [0.2, 0.25) is 0 Å². The molecule has 0 amide bonds. The van der Waals surface area contributed by atoms with E-state index in [1.54, 1.807) is 0 Å². The summed E-state index contributed by atoms with van der Waals surface area (Å²) in [5, 5.41) is 4.75. The van der Waals surface area contributed by atoms with Crippen molar-refractivity contribution >= 4 is 17.3 Å². The van der Waals surface area contributed by atoms with Gasteiger partial charge in [0.15, 0.2) is 5.11 Å². The van der Waals surface area contributed by atoms with Gasteiger partial charge < -0.3 is 19.9 Å². The highest BCUT2D eigenvalue weighted by molar-refractivity contribution is 7.80. The van der Waals surface area contributed by atoms with E-state index in [0.29, 0.717) is 18.2 Å². The van der Waals surface area contributed by atoms with Gasteiger partial charge >= 0.3 is 0 Å². The standard InChI is InChI=1S/C20H37N3OS/c1-22-13-11-18(12-14-22)23(16-19-10-7-15-24-19)20(25)21-17-8-5-3-2-4-6-9-17/h17-19H,2-16H2,1H3,(H,21,25). The third-order valence-corrected chi connectivity index (χ3v) is 6.60. The summed E-state index contributed by atoms with van der Waals surface area (Å²) in [7, 11) is 2.23. The number of nitrogens with zero attached hydrogens (tertiary/aromatic N) is 2. The molecule has 25 heavy (non-hydrogen) atoms. The lowest BCUT2D eigenvalue weighted by molar-refractivity contribution is 0.0708. The van der Waals surface area contributed by atoms with Gasteiger partial charge in [-0.25, -0.2) is 0 Å². The van der Waals surface area contributed by atoms with Crippen molar-refractivity contribution in [1.29, 1.82) is 0 Å². The fourth-order valence-corrected chi connectivity index (χ4v) is 4.96. The van der Waals surface area contributed by atoms with Crippen LogP contribution in [0, 0.1) is 0 Å². The topological polar surface area (TPSA) is 27.7 Å². The Bertz CT molecular complexity index is 398. The summed E-state index contributed by atoms with van der Waals surface area (Å²) in [4.78, 5) is 4.93. The molecule has 4 nitrogen and oxygen atoms in total. The maximum Gasteiger partial charge on any atom is 0.169 e. The Balaban J connectivity index is 1.58. The zero-order valence-corrected chi connectivity index (χ0v) is 16.9. The van der Waals surface area contributed by atoms with Gasteiger partial charge in [-0.1, -0.05) is 32.1 Å². The second-order valence-corrected chi connectivity index (χ2v) is 8.70. The first kappa shape index (κ1) is 19.4. The fourth-order valence-electron chi connectivity index (χ4n) is 4.57. The van der Waals surface area contributed by atoms with Crippen LogP contribution in [0.3, 0.4) is 0 Å². The van der Waals surface area contributed by atoms with Gasteiger partial charge in [0.05, 0.1) is 6.10 Å². The van der Waals surface area contributed by atoms with E-state index in [0.717, 1.165) is 18.3 Å². The second kappa shape index (κ2) is 10.1. The Hall–Kier alpha value is -0.390. The van der Waals surface area contributed by atoms with E-state index in [2.05, 4.69) is 22.2 Å².